The summed E-state index contributed by atoms with van der Waals surface area (Å²) in [5, 5.41) is 0. The zero-order valence-corrected chi connectivity index (χ0v) is 17.7. The van der Waals surface area contributed by atoms with Gasteiger partial charge in [-0.05, 0) is 36.6 Å². The molecule has 0 saturated carbocycles. The summed E-state index contributed by atoms with van der Waals surface area (Å²) in [5.41, 5.74) is 0.803. The number of likely N-dealkylation sites (tertiary alicyclic amines) is 1. The number of hydrogen-bond acceptors (Lipinski definition) is 6. The summed E-state index contributed by atoms with van der Waals surface area (Å²) in [5.74, 6) is 0.942. The number of amides is 2. The first kappa shape index (κ1) is 20.7. The first-order chi connectivity index (χ1) is 13.5. The van der Waals surface area contributed by atoms with Crippen molar-refractivity contribution in [3.63, 3.8) is 0 Å². The fourth-order valence-corrected chi connectivity index (χ4v) is 4.54. The maximum absolute atomic E-state index is 12.8. The van der Waals surface area contributed by atoms with Crippen LogP contribution in [0, 0.1) is 0 Å². The maximum Gasteiger partial charge on any atom is 0.266 e. The van der Waals surface area contributed by atoms with Gasteiger partial charge in [0.05, 0.1) is 19.1 Å². The van der Waals surface area contributed by atoms with Gasteiger partial charge in [0.15, 0.2) is 11.5 Å². The third-order valence-electron chi connectivity index (χ3n) is 4.83. The molecule has 6 nitrogen and oxygen atoms in total. The minimum absolute atomic E-state index is 0.00788. The smallest absolute Gasteiger partial charge is 0.266 e. The van der Waals surface area contributed by atoms with Crippen LogP contribution in [-0.4, -0.2) is 59.8 Å². The number of hydrogen-bond donors (Lipinski definition) is 0. The van der Waals surface area contributed by atoms with Crippen LogP contribution in [0.2, 0.25) is 0 Å². The number of thiocarbonyl (C=S) groups is 1. The highest BCUT2D eigenvalue weighted by Gasteiger charge is 2.34. The van der Waals surface area contributed by atoms with E-state index in [9.17, 15) is 9.59 Å². The second-order valence-corrected chi connectivity index (χ2v) is 8.35. The molecule has 3 rings (SSSR count). The molecule has 0 spiro atoms. The summed E-state index contributed by atoms with van der Waals surface area (Å²) in [7, 11) is 3.14. The summed E-state index contributed by atoms with van der Waals surface area (Å²) in [6.45, 7) is 1.53. The van der Waals surface area contributed by atoms with Gasteiger partial charge in [-0.3, -0.25) is 14.5 Å². The van der Waals surface area contributed by atoms with Crippen molar-refractivity contribution in [1.29, 1.82) is 0 Å². The van der Waals surface area contributed by atoms with Gasteiger partial charge in [-0.25, -0.2) is 0 Å². The molecular weight excluding hydrogens is 396 g/mol. The van der Waals surface area contributed by atoms with E-state index in [4.69, 9.17) is 21.7 Å². The lowest BCUT2D eigenvalue weighted by Crippen LogP contribution is -2.42. The van der Waals surface area contributed by atoms with Gasteiger partial charge in [0.25, 0.3) is 5.91 Å². The topological polar surface area (TPSA) is 59.1 Å². The molecule has 2 aliphatic rings. The van der Waals surface area contributed by atoms with Crippen LogP contribution < -0.4 is 9.47 Å². The molecule has 2 aliphatic heterocycles. The first-order valence-electron chi connectivity index (χ1n) is 9.28. The van der Waals surface area contributed by atoms with Crippen LogP contribution in [0.3, 0.4) is 0 Å². The monoisotopic (exact) mass is 420 g/mol. The summed E-state index contributed by atoms with van der Waals surface area (Å²) >= 11 is 6.58. The average Bonchev–Trinajstić information content (AvgIpc) is 2.91. The number of carbonyl (C=O) groups is 2. The van der Waals surface area contributed by atoms with Gasteiger partial charge in [0.1, 0.15) is 10.9 Å². The highest BCUT2D eigenvalue weighted by molar-refractivity contribution is 8.26. The van der Waals surface area contributed by atoms with E-state index in [1.165, 1.54) is 16.7 Å². The lowest BCUT2D eigenvalue weighted by molar-refractivity contribution is -0.135. The molecule has 2 saturated heterocycles. The van der Waals surface area contributed by atoms with Crippen LogP contribution in [0.25, 0.3) is 6.08 Å². The molecule has 2 heterocycles. The summed E-state index contributed by atoms with van der Waals surface area (Å²) < 4.78 is 11.0. The van der Waals surface area contributed by atoms with E-state index < -0.39 is 0 Å². The molecule has 28 heavy (non-hydrogen) atoms. The molecule has 1 aromatic rings. The zero-order valence-electron chi connectivity index (χ0n) is 16.1. The Bertz CT molecular complexity index is 801. The van der Waals surface area contributed by atoms with Crippen molar-refractivity contribution >= 4 is 46.2 Å². The van der Waals surface area contributed by atoms with Gasteiger partial charge in [0.2, 0.25) is 5.91 Å². The van der Waals surface area contributed by atoms with Crippen molar-refractivity contribution in [2.24, 2.45) is 0 Å². The third-order valence-corrected chi connectivity index (χ3v) is 6.21. The quantitative estimate of drug-likeness (QED) is 0.538. The maximum atomic E-state index is 12.8. The van der Waals surface area contributed by atoms with E-state index in [2.05, 4.69) is 0 Å². The number of rotatable bonds is 5. The molecule has 0 N–H and O–H groups in total. The Balaban J connectivity index is 1.72. The Kier molecular flexibility index (Phi) is 6.96. The highest BCUT2D eigenvalue weighted by Crippen LogP contribution is 2.34. The van der Waals surface area contributed by atoms with Gasteiger partial charge in [-0.15, -0.1) is 0 Å². The Morgan fingerprint density at radius 3 is 2.46 bits per heavy atom. The van der Waals surface area contributed by atoms with Crippen molar-refractivity contribution < 1.29 is 19.1 Å². The first-order valence-corrected chi connectivity index (χ1v) is 10.5. The number of thioether (sulfide) groups is 1. The van der Waals surface area contributed by atoms with Crippen LogP contribution in [0.4, 0.5) is 0 Å². The van der Waals surface area contributed by atoms with Crippen LogP contribution in [0.15, 0.2) is 23.1 Å². The minimum Gasteiger partial charge on any atom is -0.493 e. The van der Waals surface area contributed by atoms with E-state index in [1.807, 2.05) is 11.0 Å². The Hall–Kier alpha value is -2.06. The van der Waals surface area contributed by atoms with Crippen LogP contribution in [0.1, 0.15) is 31.2 Å². The molecular formula is C20H24N2O4S2. The summed E-state index contributed by atoms with van der Waals surface area (Å²) in [6.07, 6.45) is 6.10. The molecule has 0 aliphatic carbocycles. The zero-order chi connectivity index (χ0) is 20.1. The SMILES string of the molecule is COc1ccc(/C=C2/SC(=S)N(CC(=O)N3CCCCCC3)C2=O)cc1OC. The van der Waals surface area contributed by atoms with Crippen molar-refractivity contribution in [3.8, 4) is 11.5 Å². The fraction of sp³-hybridized carbons (Fsp3) is 0.450. The van der Waals surface area contributed by atoms with Crippen molar-refractivity contribution in [2.75, 3.05) is 33.9 Å². The predicted molar refractivity (Wildman–Crippen MR) is 114 cm³/mol. The Morgan fingerprint density at radius 1 is 1.14 bits per heavy atom. The van der Waals surface area contributed by atoms with E-state index >= 15 is 0 Å². The lowest BCUT2D eigenvalue weighted by atomic mass is 10.2. The largest absolute Gasteiger partial charge is 0.493 e. The van der Waals surface area contributed by atoms with Gasteiger partial charge in [0, 0.05) is 13.1 Å². The molecule has 150 valence electrons. The molecule has 2 amide bonds. The number of benzene rings is 1. The van der Waals surface area contributed by atoms with Gasteiger partial charge in [-0.2, -0.15) is 0 Å². The molecule has 8 heteroatoms. The minimum atomic E-state index is -0.229. The molecule has 0 radical (unpaired) electrons. The van der Waals surface area contributed by atoms with Gasteiger partial charge < -0.3 is 14.4 Å². The fourth-order valence-electron chi connectivity index (χ4n) is 3.29. The highest BCUT2D eigenvalue weighted by atomic mass is 32.2. The second kappa shape index (κ2) is 9.43. The molecule has 0 atom stereocenters. The van der Waals surface area contributed by atoms with E-state index in [-0.39, 0.29) is 18.4 Å². The number of nitrogens with zero attached hydrogens (tertiary/aromatic N) is 2. The third kappa shape index (κ3) is 4.67. The lowest BCUT2D eigenvalue weighted by Gasteiger charge is -2.23. The molecule has 0 unspecified atom stereocenters. The van der Waals surface area contributed by atoms with Gasteiger partial charge in [-0.1, -0.05) is 42.9 Å². The number of carbonyl (C=O) groups excluding carboxylic acids is 2. The van der Waals surface area contributed by atoms with E-state index in [1.54, 1.807) is 32.4 Å². The van der Waals surface area contributed by atoms with Crippen LogP contribution >= 0.6 is 24.0 Å². The molecule has 0 aromatic heterocycles. The van der Waals surface area contributed by atoms with E-state index in [0.29, 0.717) is 20.7 Å². The molecule has 2 fully saturated rings. The molecule has 1 aromatic carbocycles. The summed E-state index contributed by atoms with van der Waals surface area (Å²) in [4.78, 5) is 29.2. The van der Waals surface area contributed by atoms with Gasteiger partial charge >= 0.3 is 0 Å². The van der Waals surface area contributed by atoms with Crippen LogP contribution in [0.5, 0.6) is 11.5 Å². The second-order valence-electron chi connectivity index (χ2n) is 6.68. The Labute approximate surface area is 174 Å². The van der Waals surface area contributed by atoms with E-state index in [0.717, 1.165) is 44.3 Å². The molecule has 0 bridgehead atoms. The number of ether oxygens (including phenoxy) is 2. The van der Waals surface area contributed by atoms with Crippen molar-refractivity contribution in [2.45, 2.75) is 25.7 Å². The van der Waals surface area contributed by atoms with Crippen LogP contribution in [-0.2, 0) is 9.59 Å². The van der Waals surface area contributed by atoms with Crippen molar-refractivity contribution in [1.82, 2.24) is 9.80 Å². The predicted octanol–water partition coefficient (Wildman–Crippen LogP) is 3.31. The number of methoxy groups -OCH3 is 2. The summed E-state index contributed by atoms with van der Waals surface area (Å²) in [6, 6.07) is 5.43. The standard InChI is InChI=1S/C20H24N2O4S2/c1-25-15-8-7-14(11-16(15)26-2)12-17-19(24)22(20(27)28-17)13-18(23)21-9-5-3-4-6-10-21/h7-8,11-12H,3-6,9-10,13H2,1-2H3/b17-12+. The Morgan fingerprint density at radius 2 is 1.82 bits per heavy atom. The average molecular weight is 421 g/mol. The van der Waals surface area contributed by atoms with Crippen molar-refractivity contribution in [3.05, 3.63) is 28.7 Å². The normalized spacial score (nSPS) is 19.1.